The van der Waals surface area contributed by atoms with Gasteiger partial charge in [-0.15, -0.1) is 0 Å². The molecule has 0 aliphatic carbocycles. The second kappa shape index (κ2) is 5.39. The van der Waals surface area contributed by atoms with E-state index in [2.05, 4.69) is 5.32 Å². The molecule has 1 amide bonds. The zero-order valence-corrected chi connectivity index (χ0v) is 10.2. The van der Waals surface area contributed by atoms with E-state index in [9.17, 15) is 9.18 Å². The largest absolute Gasteiger partial charge is 0.398 e. The number of nitrogens with one attached hydrogen (secondary N) is 1. The van der Waals surface area contributed by atoms with Crippen molar-refractivity contribution in [3.05, 3.63) is 59.4 Å². The molecule has 98 valence electrons. The summed E-state index contributed by atoms with van der Waals surface area (Å²) in [6.45, 7) is 0.516. The van der Waals surface area contributed by atoms with Crippen molar-refractivity contribution >= 4 is 17.3 Å². The summed E-state index contributed by atoms with van der Waals surface area (Å²) in [5.74, 6) is -0.838. The molecule has 0 aliphatic heterocycles. The molecule has 0 bridgehead atoms. The van der Waals surface area contributed by atoms with E-state index in [0.29, 0.717) is 12.2 Å². The monoisotopic (exact) mass is 259 g/mol. The SMILES string of the molecule is NC(=O)c1cc(NCc2ccc(F)cc2)ccc1N. The summed E-state index contributed by atoms with van der Waals surface area (Å²) < 4.78 is 12.8. The lowest BCUT2D eigenvalue weighted by Crippen LogP contribution is -2.14. The second-order valence-corrected chi connectivity index (χ2v) is 4.15. The molecule has 0 saturated heterocycles. The van der Waals surface area contributed by atoms with Crippen LogP contribution in [0, 0.1) is 5.82 Å². The first-order valence-electron chi connectivity index (χ1n) is 5.74. The van der Waals surface area contributed by atoms with Crippen LogP contribution in [0.2, 0.25) is 0 Å². The van der Waals surface area contributed by atoms with Crippen molar-refractivity contribution in [2.24, 2.45) is 5.73 Å². The third-order valence-corrected chi connectivity index (χ3v) is 2.73. The summed E-state index contributed by atoms with van der Waals surface area (Å²) in [7, 11) is 0. The van der Waals surface area contributed by atoms with Gasteiger partial charge in [-0.2, -0.15) is 0 Å². The lowest BCUT2D eigenvalue weighted by atomic mass is 10.1. The van der Waals surface area contributed by atoms with Gasteiger partial charge in [0.2, 0.25) is 0 Å². The minimum absolute atomic E-state index is 0.271. The standard InChI is InChI=1S/C14H14FN3O/c15-10-3-1-9(2-4-10)8-18-11-5-6-13(16)12(7-11)14(17)19/h1-7,18H,8,16H2,(H2,17,19). The molecule has 2 aromatic rings. The van der Waals surface area contributed by atoms with Gasteiger partial charge in [-0.05, 0) is 35.9 Å². The van der Waals surface area contributed by atoms with Crippen LogP contribution in [0.15, 0.2) is 42.5 Å². The van der Waals surface area contributed by atoms with Gasteiger partial charge in [-0.1, -0.05) is 12.1 Å². The average molecular weight is 259 g/mol. The zero-order chi connectivity index (χ0) is 13.8. The number of halogens is 1. The maximum absolute atomic E-state index is 12.8. The summed E-state index contributed by atoms with van der Waals surface area (Å²) >= 11 is 0. The second-order valence-electron chi connectivity index (χ2n) is 4.15. The smallest absolute Gasteiger partial charge is 0.250 e. The highest BCUT2D eigenvalue weighted by Gasteiger charge is 2.06. The Morgan fingerprint density at radius 3 is 2.47 bits per heavy atom. The van der Waals surface area contributed by atoms with E-state index >= 15 is 0 Å². The average Bonchev–Trinajstić information content (AvgIpc) is 2.39. The number of primary amides is 1. The fourth-order valence-electron chi connectivity index (χ4n) is 1.69. The maximum atomic E-state index is 12.8. The van der Waals surface area contributed by atoms with E-state index in [-0.39, 0.29) is 11.4 Å². The Kier molecular flexibility index (Phi) is 3.66. The van der Waals surface area contributed by atoms with Crippen LogP contribution in [0.5, 0.6) is 0 Å². The number of amides is 1. The predicted molar refractivity (Wildman–Crippen MR) is 73.1 cm³/mol. The minimum Gasteiger partial charge on any atom is -0.398 e. The summed E-state index contributed by atoms with van der Waals surface area (Å²) in [6, 6.07) is 11.1. The first-order valence-corrected chi connectivity index (χ1v) is 5.74. The molecule has 0 saturated carbocycles. The number of carbonyl (C=O) groups excluding carboxylic acids is 1. The van der Waals surface area contributed by atoms with Crippen LogP contribution >= 0.6 is 0 Å². The van der Waals surface area contributed by atoms with Crippen molar-refractivity contribution in [1.82, 2.24) is 0 Å². The number of hydrogen-bond donors (Lipinski definition) is 3. The molecule has 0 unspecified atom stereocenters. The Morgan fingerprint density at radius 2 is 1.84 bits per heavy atom. The van der Waals surface area contributed by atoms with Crippen molar-refractivity contribution in [1.29, 1.82) is 0 Å². The van der Waals surface area contributed by atoms with E-state index in [1.54, 1.807) is 30.3 Å². The zero-order valence-electron chi connectivity index (χ0n) is 10.2. The quantitative estimate of drug-likeness (QED) is 0.736. The van der Waals surface area contributed by atoms with Crippen LogP contribution in [-0.4, -0.2) is 5.91 Å². The first kappa shape index (κ1) is 12.9. The summed E-state index contributed by atoms with van der Waals surface area (Å²) in [6.07, 6.45) is 0. The Bertz CT molecular complexity index is 596. The molecule has 2 rings (SSSR count). The van der Waals surface area contributed by atoms with Crippen LogP contribution < -0.4 is 16.8 Å². The van der Waals surface area contributed by atoms with Gasteiger partial charge in [0.25, 0.3) is 5.91 Å². The summed E-state index contributed by atoms with van der Waals surface area (Å²) in [4.78, 5) is 11.2. The lowest BCUT2D eigenvalue weighted by Gasteiger charge is -2.09. The fraction of sp³-hybridized carbons (Fsp3) is 0.0714. The minimum atomic E-state index is -0.567. The number of hydrogen-bond acceptors (Lipinski definition) is 3. The number of nitrogens with two attached hydrogens (primary N) is 2. The number of rotatable bonds is 4. The maximum Gasteiger partial charge on any atom is 0.250 e. The number of carbonyl (C=O) groups is 1. The van der Waals surface area contributed by atoms with Crippen LogP contribution in [0.4, 0.5) is 15.8 Å². The van der Waals surface area contributed by atoms with Crippen molar-refractivity contribution in [3.63, 3.8) is 0 Å². The van der Waals surface area contributed by atoms with Crippen molar-refractivity contribution in [3.8, 4) is 0 Å². The van der Waals surface area contributed by atoms with Gasteiger partial charge in [-0.3, -0.25) is 4.79 Å². The molecule has 5 N–H and O–H groups in total. The highest BCUT2D eigenvalue weighted by Crippen LogP contribution is 2.18. The molecule has 0 aliphatic rings. The van der Waals surface area contributed by atoms with Crippen molar-refractivity contribution in [2.45, 2.75) is 6.54 Å². The first-order chi connectivity index (χ1) is 9.06. The van der Waals surface area contributed by atoms with Gasteiger partial charge in [0.1, 0.15) is 5.82 Å². The number of benzene rings is 2. The molecule has 0 spiro atoms. The highest BCUT2D eigenvalue weighted by molar-refractivity contribution is 5.98. The van der Waals surface area contributed by atoms with Gasteiger partial charge < -0.3 is 16.8 Å². The molecule has 5 heteroatoms. The molecule has 4 nitrogen and oxygen atoms in total. The Morgan fingerprint density at radius 1 is 1.16 bits per heavy atom. The van der Waals surface area contributed by atoms with Gasteiger partial charge in [0.15, 0.2) is 0 Å². The lowest BCUT2D eigenvalue weighted by molar-refractivity contribution is 0.100. The predicted octanol–water partition coefficient (Wildman–Crippen LogP) is 2.12. The molecule has 0 heterocycles. The molecule has 0 aromatic heterocycles. The summed E-state index contributed by atoms with van der Waals surface area (Å²) in [5.41, 5.74) is 13.2. The topological polar surface area (TPSA) is 81.1 Å². The van der Waals surface area contributed by atoms with E-state index in [1.165, 1.54) is 12.1 Å². The Balaban J connectivity index is 2.09. The Labute approximate surface area is 110 Å². The van der Waals surface area contributed by atoms with Gasteiger partial charge in [0, 0.05) is 17.9 Å². The molecule has 2 aromatic carbocycles. The molecular weight excluding hydrogens is 245 g/mol. The van der Waals surface area contributed by atoms with Gasteiger partial charge >= 0.3 is 0 Å². The van der Waals surface area contributed by atoms with Crippen LogP contribution in [0.3, 0.4) is 0 Å². The van der Waals surface area contributed by atoms with Gasteiger partial charge in [0.05, 0.1) is 5.56 Å². The normalized spacial score (nSPS) is 10.2. The Hall–Kier alpha value is -2.56. The van der Waals surface area contributed by atoms with Crippen molar-refractivity contribution in [2.75, 3.05) is 11.1 Å². The van der Waals surface area contributed by atoms with Crippen LogP contribution in [-0.2, 0) is 6.54 Å². The van der Waals surface area contributed by atoms with Crippen molar-refractivity contribution < 1.29 is 9.18 Å². The molecular formula is C14H14FN3O. The van der Waals surface area contributed by atoms with Gasteiger partial charge in [-0.25, -0.2) is 4.39 Å². The number of nitrogen functional groups attached to an aromatic ring is 1. The highest BCUT2D eigenvalue weighted by atomic mass is 19.1. The van der Waals surface area contributed by atoms with Crippen LogP contribution in [0.1, 0.15) is 15.9 Å². The summed E-state index contributed by atoms with van der Waals surface area (Å²) in [5, 5.41) is 3.12. The molecule has 0 fully saturated rings. The van der Waals surface area contributed by atoms with Crippen LogP contribution in [0.25, 0.3) is 0 Å². The molecule has 19 heavy (non-hydrogen) atoms. The van der Waals surface area contributed by atoms with E-state index < -0.39 is 5.91 Å². The third kappa shape index (κ3) is 3.22. The van der Waals surface area contributed by atoms with E-state index in [1.807, 2.05) is 0 Å². The number of anilines is 2. The van der Waals surface area contributed by atoms with E-state index in [0.717, 1.165) is 11.3 Å². The molecule has 0 radical (unpaired) electrons. The fourth-order valence-corrected chi connectivity index (χ4v) is 1.69. The molecule has 0 atom stereocenters. The van der Waals surface area contributed by atoms with E-state index in [4.69, 9.17) is 11.5 Å². The third-order valence-electron chi connectivity index (χ3n) is 2.73.